The number of nitrogens with one attached hydrogen (secondary N) is 1. The van der Waals surface area contributed by atoms with Gasteiger partial charge in [-0.15, -0.1) is 0 Å². The number of amides is 1. The van der Waals surface area contributed by atoms with Gasteiger partial charge in [0.1, 0.15) is 5.69 Å². The van der Waals surface area contributed by atoms with Gasteiger partial charge in [-0.3, -0.25) is 15.6 Å². The van der Waals surface area contributed by atoms with Gasteiger partial charge in [0.15, 0.2) is 0 Å². The van der Waals surface area contributed by atoms with Crippen molar-refractivity contribution in [1.82, 2.24) is 9.88 Å². The lowest BCUT2D eigenvalue weighted by atomic mass is 10.2. The van der Waals surface area contributed by atoms with Crippen LogP contribution < -0.4 is 11.3 Å². The van der Waals surface area contributed by atoms with Gasteiger partial charge in [-0.2, -0.15) is 0 Å². The van der Waals surface area contributed by atoms with E-state index >= 15 is 0 Å². The number of nitrogens with zero attached hydrogens (tertiary/aromatic N) is 2. The summed E-state index contributed by atoms with van der Waals surface area (Å²) in [7, 11) is 1.74. The summed E-state index contributed by atoms with van der Waals surface area (Å²) in [5.74, 6) is 5.15. The largest absolute Gasteiger partial charge is 0.396 e. The summed E-state index contributed by atoms with van der Waals surface area (Å²) in [6, 6.07) is 3.31. The SMILES string of the molecule is CN(CCCCCO)C(=O)c1cc(NN)ccn1. The van der Waals surface area contributed by atoms with Crippen molar-refractivity contribution in [3.05, 3.63) is 24.0 Å². The first-order chi connectivity index (χ1) is 8.69. The van der Waals surface area contributed by atoms with Gasteiger partial charge in [-0.05, 0) is 31.4 Å². The lowest BCUT2D eigenvalue weighted by molar-refractivity contribution is 0.0786. The van der Waals surface area contributed by atoms with Gasteiger partial charge in [-0.25, -0.2) is 0 Å². The van der Waals surface area contributed by atoms with E-state index < -0.39 is 0 Å². The van der Waals surface area contributed by atoms with Crippen LogP contribution in [0.2, 0.25) is 0 Å². The van der Waals surface area contributed by atoms with E-state index in [0.29, 0.717) is 17.9 Å². The molecule has 1 aromatic heterocycles. The minimum absolute atomic E-state index is 0.129. The average molecular weight is 252 g/mol. The molecule has 0 aliphatic rings. The number of rotatable bonds is 7. The third kappa shape index (κ3) is 4.31. The number of nitrogen functional groups attached to an aromatic ring is 1. The summed E-state index contributed by atoms with van der Waals surface area (Å²) in [6.07, 6.45) is 4.10. The van der Waals surface area contributed by atoms with Crippen molar-refractivity contribution in [3.63, 3.8) is 0 Å². The Morgan fingerprint density at radius 2 is 2.28 bits per heavy atom. The number of pyridine rings is 1. The van der Waals surface area contributed by atoms with Gasteiger partial charge in [0.2, 0.25) is 0 Å². The molecule has 0 saturated carbocycles. The molecule has 100 valence electrons. The third-order valence-electron chi connectivity index (χ3n) is 2.64. The predicted octanol–water partition coefficient (Wildman–Crippen LogP) is 0.602. The number of aliphatic hydroxyl groups is 1. The molecule has 6 nitrogen and oxygen atoms in total. The molecular weight excluding hydrogens is 232 g/mol. The topological polar surface area (TPSA) is 91.5 Å². The Balaban J connectivity index is 2.51. The molecule has 0 aliphatic heterocycles. The molecule has 1 aromatic rings. The van der Waals surface area contributed by atoms with E-state index in [0.717, 1.165) is 19.3 Å². The quantitative estimate of drug-likeness (QED) is 0.375. The molecule has 18 heavy (non-hydrogen) atoms. The van der Waals surface area contributed by atoms with Crippen molar-refractivity contribution < 1.29 is 9.90 Å². The number of unbranched alkanes of at least 4 members (excludes halogenated alkanes) is 2. The fourth-order valence-electron chi connectivity index (χ4n) is 1.57. The predicted molar refractivity (Wildman–Crippen MR) is 69.9 cm³/mol. The van der Waals surface area contributed by atoms with Crippen molar-refractivity contribution in [1.29, 1.82) is 0 Å². The highest BCUT2D eigenvalue weighted by atomic mass is 16.2. The molecular formula is C12H20N4O2. The lowest BCUT2D eigenvalue weighted by Gasteiger charge is -2.16. The third-order valence-corrected chi connectivity index (χ3v) is 2.64. The van der Waals surface area contributed by atoms with Crippen molar-refractivity contribution in [2.45, 2.75) is 19.3 Å². The van der Waals surface area contributed by atoms with Crippen LogP contribution in [-0.2, 0) is 0 Å². The number of carbonyl (C=O) groups is 1. The molecule has 0 aliphatic carbocycles. The van der Waals surface area contributed by atoms with E-state index in [9.17, 15) is 4.79 Å². The van der Waals surface area contributed by atoms with Gasteiger partial charge in [0.05, 0.1) is 5.69 Å². The van der Waals surface area contributed by atoms with Crippen LogP contribution in [0, 0.1) is 0 Å². The van der Waals surface area contributed by atoms with Crippen LogP contribution >= 0.6 is 0 Å². The average Bonchev–Trinajstić information content (AvgIpc) is 2.42. The summed E-state index contributed by atoms with van der Waals surface area (Å²) >= 11 is 0. The first-order valence-electron chi connectivity index (χ1n) is 5.98. The van der Waals surface area contributed by atoms with E-state index in [1.54, 1.807) is 30.3 Å². The maximum absolute atomic E-state index is 12.0. The Hall–Kier alpha value is -1.66. The number of nitrogens with two attached hydrogens (primary N) is 1. The molecule has 1 heterocycles. The summed E-state index contributed by atoms with van der Waals surface area (Å²) in [5, 5.41) is 8.67. The standard InChI is InChI=1S/C12H20N4O2/c1-16(7-3-2-4-8-17)12(18)11-9-10(15-13)5-6-14-11/h5-6,9,17H,2-4,7-8,13H2,1H3,(H,14,15). The minimum Gasteiger partial charge on any atom is -0.396 e. The summed E-state index contributed by atoms with van der Waals surface area (Å²) < 4.78 is 0. The monoisotopic (exact) mass is 252 g/mol. The highest BCUT2D eigenvalue weighted by Gasteiger charge is 2.12. The van der Waals surface area contributed by atoms with E-state index in [4.69, 9.17) is 10.9 Å². The minimum atomic E-state index is -0.129. The molecule has 0 fully saturated rings. The number of hydrogen-bond acceptors (Lipinski definition) is 5. The van der Waals surface area contributed by atoms with Crippen LogP contribution in [0.25, 0.3) is 0 Å². The normalized spacial score (nSPS) is 10.2. The van der Waals surface area contributed by atoms with Gasteiger partial charge < -0.3 is 15.4 Å². The maximum atomic E-state index is 12.0. The number of hydrogen-bond donors (Lipinski definition) is 3. The van der Waals surface area contributed by atoms with Gasteiger partial charge in [-0.1, -0.05) is 0 Å². The fourth-order valence-corrected chi connectivity index (χ4v) is 1.57. The molecule has 0 atom stereocenters. The van der Waals surface area contributed by atoms with E-state index in [1.165, 1.54) is 0 Å². The first-order valence-corrected chi connectivity index (χ1v) is 5.98. The Kier molecular flexibility index (Phi) is 6.10. The van der Waals surface area contributed by atoms with E-state index in [1.807, 2.05) is 0 Å². The van der Waals surface area contributed by atoms with Crippen molar-refractivity contribution >= 4 is 11.6 Å². The van der Waals surface area contributed by atoms with E-state index in [2.05, 4.69) is 10.4 Å². The number of anilines is 1. The molecule has 1 amide bonds. The fraction of sp³-hybridized carbons (Fsp3) is 0.500. The van der Waals surface area contributed by atoms with Crippen LogP contribution in [0.1, 0.15) is 29.8 Å². The Bertz CT molecular complexity index is 384. The van der Waals surface area contributed by atoms with Crippen LogP contribution in [-0.4, -0.2) is 41.1 Å². The second-order valence-corrected chi connectivity index (χ2v) is 4.09. The van der Waals surface area contributed by atoms with Crippen LogP contribution in [0.5, 0.6) is 0 Å². The van der Waals surface area contributed by atoms with Crippen molar-refractivity contribution in [2.24, 2.45) is 5.84 Å². The van der Waals surface area contributed by atoms with Gasteiger partial charge >= 0.3 is 0 Å². The Morgan fingerprint density at radius 1 is 1.50 bits per heavy atom. The zero-order valence-corrected chi connectivity index (χ0v) is 10.6. The smallest absolute Gasteiger partial charge is 0.272 e. The molecule has 0 aromatic carbocycles. The molecule has 4 N–H and O–H groups in total. The molecule has 0 saturated heterocycles. The zero-order chi connectivity index (χ0) is 13.4. The second kappa shape index (κ2) is 7.62. The molecule has 1 rings (SSSR count). The van der Waals surface area contributed by atoms with Crippen LogP contribution in [0.3, 0.4) is 0 Å². The second-order valence-electron chi connectivity index (χ2n) is 4.09. The summed E-state index contributed by atoms with van der Waals surface area (Å²) in [5.41, 5.74) is 3.51. The van der Waals surface area contributed by atoms with Crippen LogP contribution in [0.15, 0.2) is 18.3 Å². The number of carbonyl (C=O) groups excluding carboxylic acids is 1. The molecule has 0 unspecified atom stereocenters. The zero-order valence-electron chi connectivity index (χ0n) is 10.6. The van der Waals surface area contributed by atoms with Gasteiger partial charge in [0.25, 0.3) is 5.91 Å². The number of aromatic nitrogens is 1. The molecule has 0 bridgehead atoms. The first kappa shape index (κ1) is 14.4. The maximum Gasteiger partial charge on any atom is 0.272 e. The number of aliphatic hydroxyl groups excluding tert-OH is 1. The molecule has 0 radical (unpaired) electrons. The highest BCUT2D eigenvalue weighted by Crippen LogP contribution is 2.08. The number of hydrazine groups is 1. The van der Waals surface area contributed by atoms with Crippen molar-refractivity contribution in [3.8, 4) is 0 Å². The van der Waals surface area contributed by atoms with Gasteiger partial charge in [0, 0.05) is 26.4 Å². The van der Waals surface area contributed by atoms with E-state index in [-0.39, 0.29) is 12.5 Å². The van der Waals surface area contributed by atoms with Crippen LogP contribution in [0.4, 0.5) is 5.69 Å². The summed E-state index contributed by atoms with van der Waals surface area (Å²) in [4.78, 5) is 17.7. The Labute approximate surface area is 107 Å². The van der Waals surface area contributed by atoms with Crippen molar-refractivity contribution in [2.75, 3.05) is 25.6 Å². The molecule has 6 heteroatoms. The summed E-state index contributed by atoms with van der Waals surface area (Å²) in [6.45, 7) is 0.851. The highest BCUT2D eigenvalue weighted by molar-refractivity contribution is 5.92. The lowest BCUT2D eigenvalue weighted by Crippen LogP contribution is -2.28. The Morgan fingerprint density at radius 3 is 2.94 bits per heavy atom. The molecule has 0 spiro atoms.